The quantitative estimate of drug-likeness (QED) is 0.252. The number of rotatable bonds is 5. The predicted molar refractivity (Wildman–Crippen MR) is 37.1 cm³/mol. The minimum atomic E-state index is -2.93. The van der Waals surface area contributed by atoms with Gasteiger partial charge in [0.1, 0.15) is 0 Å². The Hall–Kier alpha value is -0.660. The van der Waals surface area contributed by atoms with Crippen molar-refractivity contribution in [3.8, 4) is 0 Å². The molecule has 0 aliphatic rings. The highest BCUT2D eigenvalue weighted by molar-refractivity contribution is 4.60. The van der Waals surface area contributed by atoms with Crippen LogP contribution in [0.4, 0.5) is 0 Å². The van der Waals surface area contributed by atoms with Crippen LogP contribution < -0.4 is 0 Å². The van der Waals surface area contributed by atoms with Gasteiger partial charge in [0.05, 0.1) is 6.26 Å². The summed E-state index contributed by atoms with van der Waals surface area (Å²) < 4.78 is 4.17. The Kier molecular flexibility index (Phi) is 3.62. The summed E-state index contributed by atoms with van der Waals surface area (Å²) in [6, 6.07) is 0. The van der Waals surface area contributed by atoms with E-state index in [0.29, 0.717) is 0 Å². The minimum Gasteiger partial charge on any atom is -0.448 e. The summed E-state index contributed by atoms with van der Waals surface area (Å²) in [7, 11) is 0. The Morgan fingerprint density at radius 1 is 1.08 bits per heavy atom. The van der Waals surface area contributed by atoms with Gasteiger partial charge < -0.3 is 30.3 Å². The van der Waals surface area contributed by atoms with Gasteiger partial charge in [0.15, 0.2) is 0 Å². The fourth-order valence-corrected chi connectivity index (χ4v) is 0.523. The SMILES string of the molecule is C=COC(O)(O)CCC(O)(O)O. The number of ether oxygens (including phenoxy) is 1. The van der Waals surface area contributed by atoms with Gasteiger partial charge in [0, 0.05) is 12.8 Å². The molecular formula is C6H12O6. The van der Waals surface area contributed by atoms with Gasteiger partial charge >= 0.3 is 5.97 Å². The molecule has 0 aromatic rings. The zero-order valence-electron chi connectivity index (χ0n) is 6.34. The molecule has 0 bridgehead atoms. The van der Waals surface area contributed by atoms with E-state index >= 15 is 0 Å². The molecule has 0 aromatic carbocycles. The van der Waals surface area contributed by atoms with Crippen LogP contribution in [0.25, 0.3) is 0 Å². The summed E-state index contributed by atoms with van der Waals surface area (Å²) in [5, 5.41) is 42.7. The fraction of sp³-hybridized carbons (Fsp3) is 0.667. The molecule has 72 valence electrons. The lowest BCUT2D eigenvalue weighted by Crippen LogP contribution is -2.35. The maximum atomic E-state index is 8.81. The van der Waals surface area contributed by atoms with E-state index in [2.05, 4.69) is 11.3 Å². The molecule has 0 saturated carbocycles. The van der Waals surface area contributed by atoms with Gasteiger partial charge in [-0.1, -0.05) is 6.58 Å². The second-order valence-electron chi connectivity index (χ2n) is 2.30. The molecule has 12 heavy (non-hydrogen) atoms. The van der Waals surface area contributed by atoms with E-state index in [1.54, 1.807) is 0 Å². The number of hydrogen-bond acceptors (Lipinski definition) is 6. The first-order valence-electron chi connectivity index (χ1n) is 3.17. The molecule has 6 heteroatoms. The molecule has 0 heterocycles. The van der Waals surface area contributed by atoms with Crippen LogP contribution in [-0.4, -0.2) is 37.5 Å². The second-order valence-corrected chi connectivity index (χ2v) is 2.30. The van der Waals surface area contributed by atoms with Crippen LogP contribution in [0, 0.1) is 0 Å². The van der Waals surface area contributed by atoms with Crippen molar-refractivity contribution in [3.63, 3.8) is 0 Å². The van der Waals surface area contributed by atoms with Crippen molar-refractivity contribution in [2.24, 2.45) is 0 Å². The van der Waals surface area contributed by atoms with Crippen molar-refractivity contribution in [3.05, 3.63) is 12.8 Å². The van der Waals surface area contributed by atoms with Crippen molar-refractivity contribution in [1.82, 2.24) is 0 Å². The van der Waals surface area contributed by atoms with E-state index in [0.717, 1.165) is 6.26 Å². The lowest BCUT2D eigenvalue weighted by molar-refractivity contribution is -0.354. The maximum absolute atomic E-state index is 8.81. The van der Waals surface area contributed by atoms with Gasteiger partial charge in [-0.2, -0.15) is 0 Å². The lowest BCUT2D eigenvalue weighted by atomic mass is 10.2. The van der Waals surface area contributed by atoms with Crippen molar-refractivity contribution in [2.75, 3.05) is 0 Å². The highest BCUT2D eigenvalue weighted by Crippen LogP contribution is 2.15. The topological polar surface area (TPSA) is 110 Å². The molecule has 5 N–H and O–H groups in total. The average molecular weight is 180 g/mol. The summed E-state index contributed by atoms with van der Waals surface area (Å²) in [4.78, 5) is 0. The van der Waals surface area contributed by atoms with Gasteiger partial charge in [0.25, 0.3) is 5.97 Å². The van der Waals surface area contributed by atoms with Crippen LogP contribution in [0.2, 0.25) is 0 Å². The van der Waals surface area contributed by atoms with E-state index < -0.39 is 24.8 Å². The van der Waals surface area contributed by atoms with Gasteiger partial charge in [-0.3, -0.25) is 0 Å². The molecule has 0 saturated heterocycles. The molecule has 0 aliphatic carbocycles. The highest BCUT2D eigenvalue weighted by atomic mass is 16.8. The van der Waals surface area contributed by atoms with E-state index in [1.807, 2.05) is 0 Å². The lowest BCUT2D eigenvalue weighted by Gasteiger charge is -2.22. The summed E-state index contributed by atoms with van der Waals surface area (Å²) in [6.07, 6.45) is -0.440. The zero-order chi connectivity index (χ0) is 9.83. The Balaban J connectivity index is 3.83. The number of hydrogen-bond donors (Lipinski definition) is 5. The van der Waals surface area contributed by atoms with Crippen LogP contribution in [-0.2, 0) is 4.74 Å². The summed E-state index contributed by atoms with van der Waals surface area (Å²) in [5.41, 5.74) is 0. The highest BCUT2D eigenvalue weighted by Gasteiger charge is 2.29. The summed E-state index contributed by atoms with van der Waals surface area (Å²) in [6.45, 7) is 3.06. The van der Waals surface area contributed by atoms with Gasteiger partial charge in [0.2, 0.25) is 0 Å². The fourth-order valence-electron chi connectivity index (χ4n) is 0.523. The predicted octanol–water partition coefficient (Wildman–Crippen LogP) is -1.80. The average Bonchev–Trinajstić information content (AvgIpc) is 1.83. The number of aliphatic hydroxyl groups is 5. The Bertz CT molecular complexity index is 147. The molecule has 6 nitrogen and oxygen atoms in total. The van der Waals surface area contributed by atoms with Crippen LogP contribution in [0.1, 0.15) is 12.8 Å². The molecule has 0 amide bonds. The first-order valence-corrected chi connectivity index (χ1v) is 3.17. The standard InChI is InChI=1S/C6H12O6/c1-2-12-6(10,11)4-3-5(7,8)9/h2,7-11H,1,3-4H2. The monoisotopic (exact) mass is 180 g/mol. The molecule has 0 aliphatic heterocycles. The van der Waals surface area contributed by atoms with Crippen LogP contribution >= 0.6 is 0 Å². The second kappa shape index (κ2) is 3.83. The summed E-state index contributed by atoms with van der Waals surface area (Å²) >= 11 is 0. The van der Waals surface area contributed by atoms with Crippen LogP contribution in [0.5, 0.6) is 0 Å². The van der Waals surface area contributed by atoms with Gasteiger partial charge in [-0.25, -0.2) is 0 Å². The molecule has 0 radical (unpaired) electrons. The molecule has 0 spiro atoms. The Labute approximate surface area is 69.0 Å². The first kappa shape index (κ1) is 11.3. The van der Waals surface area contributed by atoms with Crippen molar-refractivity contribution >= 4 is 0 Å². The smallest absolute Gasteiger partial charge is 0.321 e. The minimum absolute atomic E-state index is 0.567. The Morgan fingerprint density at radius 3 is 1.92 bits per heavy atom. The third-order valence-electron chi connectivity index (χ3n) is 1.06. The van der Waals surface area contributed by atoms with Crippen LogP contribution in [0.3, 0.4) is 0 Å². The summed E-state index contributed by atoms with van der Waals surface area (Å²) in [5.74, 6) is -5.47. The first-order chi connectivity index (χ1) is 5.27. The molecular weight excluding hydrogens is 168 g/mol. The largest absolute Gasteiger partial charge is 0.448 e. The normalized spacial score (nSPS) is 12.8. The Morgan fingerprint density at radius 2 is 1.58 bits per heavy atom. The molecule has 0 unspecified atom stereocenters. The van der Waals surface area contributed by atoms with Crippen LogP contribution in [0.15, 0.2) is 12.8 Å². The molecule has 0 fully saturated rings. The van der Waals surface area contributed by atoms with E-state index in [1.165, 1.54) is 0 Å². The van der Waals surface area contributed by atoms with E-state index in [-0.39, 0.29) is 0 Å². The van der Waals surface area contributed by atoms with Crippen molar-refractivity contribution < 1.29 is 30.3 Å². The third kappa shape index (κ3) is 6.08. The van der Waals surface area contributed by atoms with E-state index in [9.17, 15) is 0 Å². The van der Waals surface area contributed by atoms with Gasteiger partial charge in [-0.15, -0.1) is 0 Å². The molecule has 0 rings (SSSR count). The zero-order valence-corrected chi connectivity index (χ0v) is 6.34. The molecule has 0 atom stereocenters. The maximum Gasteiger partial charge on any atom is 0.321 e. The van der Waals surface area contributed by atoms with Gasteiger partial charge in [-0.05, 0) is 0 Å². The molecule has 0 aromatic heterocycles. The van der Waals surface area contributed by atoms with Crippen molar-refractivity contribution in [2.45, 2.75) is 24.8 Å². The third-order valence-corrected chi connectivity index (χ3v) is 1.06. The van der Waals surface area contributed by atoms with Crippen molar-refractivity contribution in [1.29, 1.82) is 0 Å². The van der Waals surface area contributed by atoms with E-state index in [4.69, 9.17) is 25.5 Å².